The van der Waals surface area contributed by atoms with Gasteiger partial charge in [0.2, 0.25) is 5.95 Å². The minimum absolute atomic E-state index is 0.200. The van der Waals surface area contributed by atoms with Crippen LogP contribution in [0.5, 0.6) is 0 Å². The molecule has 1 aliphatic heterocycles. The van der Waals surface area contributed by atoms with Gasteiger partial charge in [0.15, 0.2) is 0 Å². The first-order valence-corrected chi connectivity index (χ1v) is 6.81. The molecule has 0 amide bonds. The van der Waals surface area contributed by atoms with E-state index >= 15 is 0 Å². The van der Waals surface area contributed by atoms with Gasteiger partial charge in [-0.05, 0) is 37.2 Å². The van der Waals surface area contributed by atoms with Crippen LogP contribution in [0, 0.1) is 18.8 Å². The van der Waals surface area contributed by atoms with Crippen LogP contribution in [0.25, 0.3) is 0 Å². The Bertz CT molecular complexity index is 433. The Labute approximate surface area is 113 Å². The van der Waals surface area contributed by atoms with E-state index in [1.165, 1.54) is 0 Å². The molecule has 0 aliphatic carbocycles. The quantitative estimate of drug-likeness (QED) is 0.901. The lowest BCUT2D eigenvalue weighted by atomic mass is 9.85. The molecule has 1 aliphatic rings. The highest BCUT2D eigenvalue weighted by Crippen LogP contribution is 2.27. The first-order valence-electron chi connectivity index (χ1n) is 6.81. The van der Waals surface area contributed by atoms with Gasteiger partial charge in [-0.15, -0.1) is 0 Å². The van der Waals surface area contributed by atoms with Gasteiger partial charge in [0.25, 0.3) is 0 Å². The van der Waals surface area contributed by atoms with Crippen molar-refractivity contribution in [3.8, 4) is 0 Å². The fourth-order valence-electron chi connectivity index (χ4n) is 2.65. The molecule has 1 saturated heterocycles. The summed E-state index contributed by atoms with van der Waals surface area (Å²) in [5.74, 6) is 0.662. The molecule has 1 aromatic heterocycles. The van der Waals surface area contributed by atoms with Crippen LogP contribution in [-0.4, -0.2) is 34.1 Å². The summed E-state index contributed by atoms with van der Waals surface area (Å²) in [6, 6.07) is 0. The van der Waals surface area contributed by atoms with Crippen molar-refractivity contribution >= 4 is 11.9 Å². The lowest BCUT2D eigenvalue weighted by Crippen LogP contribution is -2.39. The molecule has 0 saturated carbocycles. The van der Waals surface area contributed by atoms with E-state index < -0.39 is 5.97 Å². The summed E-state index contributed by atoms with van der Waals surface area (Å²) in [5.41, 5.74) is 1.05. The third kappa shape index (κ3) is 3.66. The van der Waals surface area contributed by atoms with Crippen molar-refractivity contribution in [3.63, 3.8) is 0 Å². The molecule has 2 unspecified atom stereocenters. The fraction of sp³-hybridized carbons (Fsp3) is 0.643. The summed E-state index contributed by atoms with van der Waals surface area (Å²) < 4.78 is 0. The SMILES string of the molecule is Cc1cnc(N2CCCC(C(C)CC(=O)O)C2)nc1. The number of aryl methyl sites for hydroxylation is 1. The second kappa shape index (κ2) is 5.99. The molecule has 1 N–H and O–H groups in total. The fourth-order valence-corrected chi connectivity index (χ4v) is 2.65. The molecule has 19 heavy (non-hydrogen) atoms. The molecule has 5 nitrogen and oxygen atoms in total. The Balaban J connectivity index is 2.00. The Morgan fingerprint density at radius 1 is 1.53 bits per heavy atom. The number of carboxylic acid groups (broad SMARTS) is 1. The average Bonchev–Trinajstić information content (AvgIpc) is 2.39. The van der Waals surface area contributed by atoms with Crippen molar-refractivity contribution in [2.45, 2.75) is 33.1 Å². The maximum Gasteiger partial charge on any atom is 0.303 e. The molecule has 1 aromatic rings. The van der Waals surface area contributed by atoms with Gasteiger partial charge in [-0.2, -0.15) is 0 Å². The molecular formula is C14H21N3O2. The number of rotatable bonds is 4. The van der Waals surface area contributed by atoms with Crippen LogP contribution >= 0.6 is 0 Å². The maximum atomic E-state index is 10.8. The molecule has 2 heterocycles. The number of aliphatic carboxylic acids is 1. The number of anilines is 1. The summed E-state index contributed by atoms with van der Waals surface area (Å²) in [4.78, 5) is 21.7. The highest BCUT2D eigenvalue weighted by Gasteiger charge is 2.27. The van der Waals surface area contributed by atoms with E-state index in [1.54, 1.807) is 0 Å². The highest BCUT2D eigenvalue weighted by molar-refractivity contribution is 5.67. The van der Waals surface area contributed by atoms with Crippen LogP contribution in [0.1, 0.15) is 31.7 Å². The van der Waals surface area contributed by atoms with Crippen LogP contribution in [0.15, 0.2) is 12.4 Å². The summed E-state index contributed by atoms with van der Waals surface area (Å²) in [7, 11) is 0. The highest BCUT2D eigenvalue weighted by atomic mass is 16.4. The van der Waals surface area contributed by atoms with Gasteiger partial charge in [-0.1, -0.05) is 6.92 Å². The molecule has 2 atom stereocenters. The van der Waals surface area contributed by atoms with Gasteiger partial charge in [-0.25, -0.2) is 9.97 Å². The topological polar surface area (TPSA) is 66.3 Å². The summed E-state index contributed by atoms with van der Waals surface area (Å²) in [6.45, 7) is 5.81. The van der Waals surface area contributed by atoms with Gasteiger partial charge in [0, 0.05) is 31.9 Å². The number of carboxylic acids is 1. The van der Waals surface area contributed by atoms with Gasteiger partial charge in [0.1, 0.15) is 0 Å². The maximum absolute atomic E-state index is 10.8. The van der Waals surface area contributed by atoms with Crippen molar-refractivity contribution in [1.29, 1.82) is 0 Å². The Morgan fingerprint density at radius 2 is 2.21 bits per heavy atom. The van der Waals surface area contributed by atoms with Crippen molar-refractivity contribution in [1.82, 2.24) is 9.97 Å². The van der Waals surface area contributed by atoms with Crippen LogP contribution in [0.2, 0.25) is 0 Å². The zero-order chi connectivity index (χ0) is 13.8. The third-order valence-electron chi connectivity index (χ3n) is 3.81. The molecule has 0 bridgehead atoms. The minimum atomic E-state index is -0.712. The molecule has 104 valence electrons. The number of hydrogen-bond donors (Lipinski definition) is 1. The van der Waals surface area contributed by atoms with Crippen molar-refractivity contribution in [2.75, 3.05) is 18.0 Å². The first kappa shape index (κ1) is 13.8. The monoisotopic (exact) mass is 263 g/mol. The normalized spacial score (nSPS) is 21.2. The lowest BCUT2D eigenvalue weighted by molar-refractivity contribution is -0.138. The lowest BCUT2D eigenvalue weighted by Gasteiger charge is -2.35. The van der Waals surface area contributed by atoms with E-state index in [1.807, 2.05) is 26.2 Å². The number of piperidine rings is 1. The molecule has 2 rings (SSSR count). The smallest absolute Gasteiger partial charge is 0.303 e. The largest absolute Gasteiger partial charge is 0.481 e. The number of hydrogen-bond acceptors (Lipinski definition) is 4. The van der Waals surface area contributed by atoms with Crippen LogP contribution in [0.3, 0.4) is 0 Å². The Kier molecular flexibility index (Phi) is 4.35. The molecule has 0 spiro atoms. The average molecular weight is 263 g/mol. The van der Waals surface area contributed by atoms with Gasteiger partial charge >= 0.3 is 5.97 Å². The molecule has 1 fully saturated rings. The van der Waals surface area contributed by atoms with Crippen molar-refractivity contribution in [3.05, 3.63) is 18.0 Å². The predicted octanol–water partition coefficient (Wildman–Crippen LogP) is 2.11. The van der Waals surface area contributed by atoms with E-state index in [0.717, 1.165) is 37.4 Å². The first-order chi connectivity index (χ1) is 9.06. The standard InChI is InChI=1S/C14H21N3O2/c1-10-7-15-14(16-8-10)17-5-3-4-12(9-17)11(2)6-13(18)19/h7-8,11-12H,3-6,9H2,1-2H3,(H,18,19). The van der Waals surface area contributed by atoms with Crippen LogP contribution in [0.4, 0.5) is 5.95 Å². The number of aromatic nitrogens is 2. The van der Waals surface area contributed by atoms with Crippen LogP contribution < -0.4 is 4.90 Å². The van der Waals surface area contributed by atoms with E-state index in [-0.39, 0.29) is 12.3 Å². The van der Waals surface area contributed by atoms with Crippen molar-refractivity contribution in [2.24, 2.45) is 11.8 Å². The zero-order valence-corrected chi connectivity index (χ0v) is 11.5. The van der Waals surface area contributed by atoms with E-state index in [0.29, 0.717) is 5.92 Å². The second-order valence-corrected chi connectivity index (χ2v) is 5.48. The summed E-state index contributed by atoms with van der Waals surface area (Å²) in [5, 5.41) is 8.89. The predicted molar refractivity (Wildman–Crippen MR) is 73.1 cm³/mol. The van der Waals surface area contributed by atoms with Gasteiger partial charge in [-0.3, -0.25) is 4.79 Å². The van der Waals surface area contributed by atoms with Gasteiger partial charge < -0.3 is 10.0 Å². The Morgan fingerprint density at radius 3 is 2.84 bits per heavy atom. The molecule has 5 heteroatoms. The number of carbonyl (C=O) groups is 1. The summed E-state index contributed by atoms with van der Waals surface area (Å²) in [6.07, 6.45) is 6.06. The zero-order valence-electron chi connectivity index (χ0n) is 11.5. The van der Waals surface area contributed by atoms with Crippen LogP contribution in [-0.2, 0) is 4.79 Å². The van der Waals surface area contributed by atoms with E-state index in [2.05, 4.69) is 14.9 Å². The number of nitrogens with zero attached hydrogens (tertiary/aromatic N) is 3. The molecule has 0 aromatic carbocycles. The van der Waals surface area contributed by atoms with E-state index in [4.69, 9.17) is 5.11 Å². The van der Waals surface area contributed by atoms with Gasteiger partial charge in [0.05, 0.1) is 0 Å². The molecular weight excluding hydrogens is 242 g/mol. The van der Waals surface area contributed by atoms with Crippen molar-refractivity contribution < 1.29 is 9.90 Å². The second-order valence-electron chi connectivity index (χ2n) is 5.48. The molecule has 0 radical (unpaired) electrons. The minimum Gasteiger partial charge on any atom is -0.481 e. The summed E-state index contributed by atoms with van der Waals surface area (Å²) >= 11 is 0. The van der Waals surface area contributed by atoms with E-state index in [9.17, 15) is 4.79 Å². The Hall–Kier alpha value is -1.65. The third-order valence-corrected chi connectivity index (χ3v) is 3.81.